The van der Waals surface area contributed by atoms with E-state index in [-0.39, 0.29) is 5.56 Å². The molecule has 1 N–H and O–H groups in total. The Kier molecular flexibility index (Phi) is 1.72. The molecule has 68 valence electrons. The quantitative estimate of drug-likeness (QED) is 0.734. The van der Waals surface area contributed by atoms with Gasteiger partial charge in [0.15, 0.2) is 0 Å². The van der Waals surface area contributed by atoms with Gasteiger partial charge in [-0.05, 0) is 18.2 Å². The maximum atomic E-state index is 10.8. The minimum Gasteiger partial charge on any atom is -0.478 e. The fraction of sp³-hybridized carbons (Fsp3) is 0. The highest BCUT2D eigenvalue weighted by Gasteiger charge is 2.12. The van der Waals surface area contributed by atoms with Gasteiger partial charge in [-0.2, -0.15) is 5.26 Å². The van der Waals surface area contributed by atoms with E-state index in [1.807, 2.05) is 6.07 Å². The number of carboxylic acids is 1. The van der Waals surface area contributed by atoms with Crippen LogP contribution in [0.4, 0.5) is 0 Å². The van der Waals surface area contributed by atoms with Crippen LogP contribution in [0.2, 0.25) is 0 Å². The van der Waals surface area contributed by atoms with E-state index in [2.05, 4.69) is 0 Å². The van der Waals surface area contributed by atoms with Crippen molar-refractivity contribution in [3.05, 3.63) is 41.7 Å². The molecular formula is C10H6N2O2. The third-order valence-corrected chi connectivity index (χ3v) is 2.02. The third kappa shape index (κ3) is 1.04. The molecule has 2 aromatic rings. The predicted molar refractivity (Wildman–Crippen MR) is 49.1 cm³/mol. The molecular weight excluding hydrogens is 180 g/mol. The zero-order valence-electron chi connectivity index (χ0n) is 7.14. The molecule has 0 atom stereocenters. The van der Waals surface area contributed by atoms with Gasteiger partial charge < -0.3 is 9.51 Å². The van der Waals surface area contributed by atoms with Crippen LogP contribution in [0, 0.1) is 11.3 Å². The summed E-state index contributed by atoms with van der Waals surface area (Å²) in [4.78, 5) is 10.8. The van der Waals surface area contributed by atoms with Crippen LogP contribution in [0.5, 0.6) is 0 Å². The van der Waals surface area contributed by atoms with Crippen molar-refractivity contribution < 1.29 is 9.90 Å². The van der Waals surface area contributed by atoms with Crippen LogP contribution in [0.25, 0.3) is 5.52 Å². The van der Waals surface area contributed by atoms with E-state index in [0.29, 0.717) is 11.2 Å². The maximum Gasteiger partial charge on any atom is 0.337 e. The number of hydrogen-bond donors (Lipinski definition) is 1. The lowest BCUT2D eigenvalue weighted by Gasteiger charge is -1.94. The molecule has 0 saturated heterocycles. The van der Waals surface area contributed by atoms with Gasteiger partial charge in [-0.15, -0.1) is 0 Å². The van der Waals surface area contributed by atoms with Crippen molar-refractivity contribution in [3.63, 3.8) is 0 Å². The summed E-state index contributed by atoms with van der Waals surface area (Å²) in [6.45, 7) is 0. The lowest BCUT2D eigenvalue weighted by molar-refractivity contribution is 0.0699. The molecule has 0 aliphatic carbocycles. The molecule has 0 unspecified atom stereocenters. The second-order valence-electron chi connectivity index (χ2n) is 2.82. The summed E-state index contributed by atoms with van der Waals surface area (Å²) in [6, 6.07) is 8.48. The second-order valence-corrected chi connectivity index (χ2v) is 2.82. The largest absolute Gasteiger partial charge is 0.478 e. The van der Waals surface area contributed by atoms with E-state index in [0.717, 1.165) is 0 Å². The molecule has 0 bridgehead atoms. The Morgan fingerprint density at radius 3 is 2.93 bits per heavy atom. The third-order valence-electron chi connectivity index (χ3n) is 2.02. The molecule has 14 heavy (non-hydrogen) atoms. The Morgan fingerprint density at radius 2 is 2.29 bits per heavy atom. The number of rotatable bonds is 1. The van der Waals surface area contributed by atoms with Crippen LogP contribution in [0.1, 0.15) is 16.1 Å². The first-order valence-corrected chi connectivity index (χ1v) is 3.97. The van der Waals surface area contributed by atoms with Crippen molar-refractivity contribution in [2.45, 2.75) is 0 Å². The predicted octanol–water partition coefficient (Wildman–Crippen LogP) is 1.51. The van der Waals surface area contributed by atoms with Crippen molar-refractivity contribution in [1.29, 1.82) is 5.26 Å². The van der Waals surface area contributed by atoms with Gasteiger partial charge in [0.05, 0.1) is 11.1 Å². The molecule has 0 aromatic carbocycles. The van der Waals surface area contributed by atoms with Crippen LogP contribution >= 0.6 is 0 Å². The normalized spacial score (nSPS) is 9.93. The summed E-state index contributed by atoms with van der Waals surface area (Å²) in [5.74, 6) is -1.02. The Bertz CT molecular complexity index is 549. The van der Waals surface area contributed by atoms with E-state index in [1.165, 1.54) is 6.07 Å². The molecule has 0 radical (unpaired) electrons. The zero-order chi connectivity index (χ0) is 10.1. The van der Waals surface area contributed by atoms with Crippen LogP contribution in [0.3, 0.4) is 0 Å². The zero-order valence-corrected chi connectivity index (χ0v) is 7.14. The Balaban J connectivity index is 2.88. The highest BCUT2D eigenvalue weighted by molar-refractivity contribution is 5.96. The van der Waals surface area contributed by atoms with Gasteiger partial charge in [0.25, 0.3) is 0 Å². The number of pyridine rings is 1. The standard InChI is InChI=1S/C10H6N2O2/c11-6-7-5-8(10(13)14)9-3-1-2-4-12(7)9/h1-5H,(H,13,14). The van der Waals surface area contributed by atoms with Gasteiger partial charge in [0.2, 0.25) is 0 Å². The Morgan fingerprint density at radius 1 is 1.50 bits per heavy atom. The molecule has 0 saturated carbocycles. The summed E-state index contributed by atoms with van der Waals surface area (Å²) in [5, 5.41) is 17.6. The smallest absolute Gasteiger partial charge is 0.337 e. The van der Waals surface area contributed by atoms with Crippen LogP contribution in [0.15, 0.2) is 30.5 Å². The van der Waals surface area contributed by atoms with E-state index in [1.54, 1.807) is 28.8 Å². The van der Waals surface area contributed by atoms with Gasteiger partial charge >= 0.3 is 5.97 Å². The van der Waals surface area contributed by atoms with E-state index in [4.69, 9.17) is 10.4 Å². The lowest BCUT2D eigenvalue weighted by Crippen LogP contribution is -1.94. The van der Waals surface area contributed by atoms with Crippen LogP contribution in [-0.2, 0) is 0 Å². The average molecular weight is 186 g/mol. The lowest BCUT2D eigenvalue weighted by atomic mass is 10.2. The van der Waals surface area contributed by atoms with Crippen molar-refractivity contribution in [3.8, 4) is 6.07 Å². The molecule has 4 nitrogen and oxygen atoms in total. The molecule has 2 heterocycles. The number of hydrogen-bond acceptors (Lipinski definition) is 2. The van der Waals surface area contributed by atoms with Gasteiger partial charge in [-0.3, -0.25) is 0 Å². The molecule has 2 rings (SSSR count). The van der Waals surface area contributed by atoms with Crippen molar-refractivity contribution in [1.82, 2.24) is 4.40 Å². The van der Waals surface area contributed by atoms with Crippen molar-refractivity contribution in [2.24, 2.45) is 0 Å². The summed E-state index contributed by atoms with van der Waals surface area (Å²) < 4.78 is 1.56. The fourth-order valence-corrected chi connectivity index (χ4v) is 1.41. The van der Waals surface area contributed by atoms with Gasteiger partial charge in [0.1, 0.15) is 11.8 Å². The summed E-state index contributed by atoms with van der Waals surface area (Å²) in [5.41, 5.74) is 1.02. The van der Waals surface area contributed by atoms with E-state index >= 15 is 0 Å². The number of carbonyl (C=O) groups is 1. The molecule has 0 spiro atoms. The first-order chi connectivity index (χ1) is 6.74. The molecule has 4 heteroatoms. The minimum atomic E-state index is -1.02. The number of aromatic carboxylic acids is 1. The van der Waals surface area contributed by atoms with E-state index in [9.17, 15) is 4.79 Å². The Hall–Kier alpha value is -2.28. The summed E-state index contributed by atoms with van der Waals surface area (Å²) in [6.07, 6.45) is 1.67. The highest BCUT2D eigenvalue weighted by Crippen LogP contribution is 2.16. The summed E-state index contributed by atoms with van der Waals surface area (Å²) >= 11 is 0. The Labute approximate surface area is 79.6 Å². The number of nitriles is 1. The SMILES string of the molecule is N#Cc1cc(C(=O)O)c2ccccn12. The molecule has 0 amide bonds. The highest BCUT2D eigenvalue weighted by atomic mass is 16.4. The molecule has 0 aliphatic rings. The minimum absolute atomic E-state index is 0.155. The molecule has 0 aliphatic heterocycles. The van der Waals surface area contributed by atoms with Crippen molar-refractivity contribution >= 4 is 11.5 Å². The topological polar surface area (TPSA) is 65.5 Å². The van der Waals surface area contributed by atoms with Gasteiger partial charge in [-0.1, -0.05) is 6.07 Å². The number of carboxylic acid groups (broad SMARTS) is 1. The van der Waals surface area contributed by atoms with Crippen LogP contribution < -0.4 is 0 Å². The van der Waals surface area contributed by atoms with E-state index < -0.39 is 5.97 Å². The second kappa shape index (κ2) is 2.89. The monoisotopic (exact) mass is 186 g/mol. The molecule has 0 fully saturated rings. The fourth-order valence-electron chi connectivity index (χ4n) is 1.41. The molecule has 2 aromatic heterocycles. The first-order valence-electron chi connectivity index (χ1n) is 3.97. The van der Waals surface area contributed by atoms with Gasteiger partial charge in [-0.25, -0.2) is 4.79 Å². The first kappa shape index (κ1) is 8.32. The number of aromatic nitrogens is 1. The summed E-state index contributed by atoms with van der Waals surface area (Å²) in [7, 11) is 0. The average Bonchev–Trinajstić information content (AvgIpc) is 2.56. The van der Waals surface area contributed by atoms with Gasteiger partial charge in [0, 0.05) is 6.20 Å². The van der Waals surface area contributed by atoms with Crippen molar-refractivity contribution in [2.75, 3.05) is 0 Å². The number of nitrogens with zero attached hydrogens (tertiary/aromatic N) is 2. The van der Waals surface area contributed by atoms with Crippen LogP contribution in [-0.4, -0.2) is 15.5 Å². The maximum absolute atomic E-state index is 10.8. The number of fused-ring (bicyclic) bond motifs is 1.